The number of halogens is 1. The van der Waals surface area contributed by atoms with Gasteiger partial charge in [0.15, 0.2) is 0 Å². The van der Waals surface area contributed by atoms with Crippen LogP contribution in [0.15, 0.2) is 8.99 Å². The molecule has 1 saturated carbocycles. The van der Waals surface area contributed by atoms with Gasteiger partial charge in [-0.25, -0.2) is 0 Å². The van der Waals surface area contributed by atoms with Gasteiger partial charge in [-0.05, 0) is 41.9 Å². The van der Waals surface area contributed by atoms with Crippen LogP contribution in [-0.2, 0) is 0 Å². The van der Waals surface area contributed by atoms with E-state index in [9.17, 15) is 5.11 Å². The molecule has 68 valence electrons. The Morgan fingerprint density at radius 2 is 2.17 bits per heavy atom. The summed E-state index contributed by atoms with van der Waals surface area (Å²) in [4.78, 5) is 0. The van der Waals surface area contributed by atoms with Gasteiger partial charge in [-0.3, -0.25) is 0 Å². The molecule has 2 rings (SSSR count). The second kappa shape index (κ2) is 3.50. The average Bonchev–Trinajstić information content (AvgIpc) is 2.59. The van der Waals surface area contributed by atoms with Crippen molar-refractivity contribution in [2.75, 3.05) is 0 Å². The molecule has 0 aromatic rings. The highest BCUT2D eigenvalue weighted by molar-refractivity contribution is 14.1. The van der Waals surface area contributed by atoms with Crippen LogP contribution in [0.4, 0.5) is 0 Å². The predicted molar refractivity (Wildman–Crippen MR) is 61.5 cm³/mol. The molecule has 1 heterocycles. The lowest BCUT2D eigenvalue weighted by atomic mass is 9.95. The van der Waals surface area contributed by atoms with Crippen LogP contribution in [-0.4, -0.2) is 16.0 Å². The fourth-order valence-electron chi connectivity index (χ4n) is 2.07. The molecular weight excluding hydrogens is 283 g/mol. The second-order valence-electron chi connectivity index (χ2n) is 3.66. The fourth-order valence-corrected chi connectivity index (χ4v) is 4.36. The van der Waals surface area contributed by atoms with E-state index in [1.165, 1.54) is 15.8 Å². The van der Waals surface area contributed by atoms with Gasteiger partial charge in [0.2, 0.25) is 0 Å². The van der Waals surface area contributed by atoms with Gasteiger partial charge in [0.25, 0.3) is 0 Å². The van der Waals surface area contributed by atoms with E-state index >= 15 is 0 Å². The molecule has 1 aliphatic carbocycles. The van der Waals surface area contributed by atoms with Crippen molar-refractivity contribution in [2.24, 2.45) is 0 Å². The minimum Gasteiger partial charge on any atom is -0.389 e. The number of hydrogen-bond donors (Lipinski definition) is 1. The van der Waals surface area contributed by atoms with Gasteiger partial charge in [-0.15, -0.1) is 11.8 Å². The maximum absolute atomic E-state index is 10.3. The highest BCUT2D eigenvalue weighted by atomic mass is 127. The first-order valence-corrected chi connectivity index (χ1v) is 6.41. The van der Waals surface area contributed by atoms with Crippen molar-refractivity contribution >= 4 is 34.4 Å². The zero-order valence-electron chi connectivity index (χ0n) is 6.92. The molecule has 1 fully saturated rings. The molecular formula is C9H13IOS. The molecule has 0 aromatic carbocycles. The Balaban J connectivity index is 2.01. The Bertz CT molecular complexity index is 209. The van der Waals surface area contributed by atoms with Crippen molar-refractivity contribution < 1.29 is 5.11 Å². The summed E-state index contributed by atoms with van der Waals surface area (Å²) in [6.07, 6.45) is 7.77. The van der Waals surface area contributed by atoms with Gasteiger partial charge >= 0.3 is 0 Å². The molecule has 1 aliphatic heterocycles. The lowest BCUT2D eigenvalue weighted by Gasteiger charge is -2.28. The van der Waals surface area contributed by atoms with Gasteiger partial charge in [-0.1, -0.05) is 18.9 Å². The lowest BCUT2D eigenvalue weighted by Crippen LogP contribution is -2.35. The van der Waals surface area contributed by atoms with Gasteiger partial charge < -0.3 is 5.11 Å². The quantitative estimate of drug-likeness (QED) is 0.750. The maximum atomic E-state index is 10.3. The van der Waals surface area contributed by atoms with Gasteiger partial charge in [0, 0.05) is 8.16 Å². The molecule has 0 saturated heterocycles. The van der Waals surface area contributed by atoms with E-state index in [1.54, 1.807) is 0 Å². The Kier molecular flexibility index (Phi) is 2.72. The molecule has 1 atom stereocenters. The van der Waals surface area contributed by atoms with Crippen LogP contribution in [0.25, 0.3) is 0 Å². The first-order valence-electron chi connectivity index (χ1n) is 4.45. The second-order valence-corrected chi connectivity index (χ2v) is 6.80. The predicted octanol–water partition coefficient (Wildman–Crippen LogP) is 3.07. The third-order valence-corrected chi connectivity index (χ3v) is 5.33. The Morgan fingerprint density at radius 3 is 2.67 bits per heavy atom. The monoisotopic (exact) mass is 296 g/mol. The summed E-state index contributed by atoms with van der Waals surface area (Å²) < 4.78 is 1.36. The highest BCUT2D eigenvalue weighted by Gasteiger charge is 2.41. The zero-order valence-corrected chi connectivity index (χ0v) is 9.90. The van der Waals surface area contributed by atoms with Gasteiger partial charge in [0.1, 0.15) is 0 Å². The number of aliphatic hydroxyl groups is 1. The van der Waals surface area contributed by atoms with Gasteiger partial charge in [-0.2, -0.15) is 0 Å². The maximum Gasteiger partial charge on any atom is 0.0772 e. The standard InChI is InChI=1S/C9H13IOS/c10-8-4-3-7(12-8)9(11)5-1-2-6-9/h4,7,11H,1-3,5-6H2. The van der Waals surface area contributed by atoms with E-state index in [0.29, 0.717) is 5.25 Å². The van der Waals surface area contributed by atoms with Crippen LogP contribution in [0.2, 0.25) is 0 Å². The lowest BCUT2D eigenvalue weighted by molar-refractivity contribution is 0.0467. The smallest absolute Gasteiger partial charge is 0.0772 e. The van der Waals surface area contributed by atoms with E-state index in [2.05, 4.69) is 28.7 Å². The minimum absolute atomic E-state index is 0.339. The number of rotatable bonds is 1. The van der Waals surface area contributed by atoms with Gasteiger partial charge in [0.05, 0.1) is 5.60 Å². The molecule has 3 heteroatoms. The summed E-state index contributed by atoms with van der Waals surface area (Å²) in [5, 5.41) is 10.7. The summed E-state index contributed by atoms with van der Waals surface area (Å²) in [6, 6.07) is 0. The van der Waals surface area contributed by atoms with Crippen LogP contribution in [0.3, 0.4) is 0 Å². The van der Waals surface area contributed by atoms with Crippen molar-refractivity contribution in [1.82, 2.24) is 0 Å². The molecule has 1 N–H and O–H groups in total. The molecule has 1 nitrogen and oxygen atoms in total. The Morgan fingerprint density at radius 1 is 1.50 bits per heavy atom. The van der Waals surface area contributed by atoms with Crippen molar-refractivity contribution in [3.63, 3.8) is 0 Å². The topological polar surface area (TPSA) is 20.2 Å². The van der Waals surface area contributed by atoms with Crippen LogP contribution in [0.1, 0.15) is 32.1 Å². The largest absolute Gasteiger partial charge is 0.389 e. The van der Waals surface area contributed by atoms with Crippen LogP contribution < -0.4 is 0 Å². The van der Waals surface area contributed by atoms with E-state index in [4.69, 9.17) is 0 Å². The van der Waals surface area contributed by atoms with Crippen LogP contribution >= 0.6 is 34.4 Å². The van der Waals surface area contributed by atoms with E-state index in [0.717, 1.165) is 19.3 Å². The Hall–Kier alpha value is 0.780. The molecule has 1 unspecified atom stereocenters. The van der Waals surface area contributed by atoms with Crippen molar-refractivity contribution in [1.29, 1.82) is 0 Å². The summed E-state index contributed by atoms with van der Waals surface area (Å²) in [5.41, 5.74) is -0.339. The normalized spacial score (nSPS) is 33.8. The summed E-state index contributed by atoms with van der Waals surface area (Å²) in [5.74, 6) is 0. The number of hydrogen-bond acceptors (Lipinski definition) is 2. The Labute approximate surface area is 91.1 Å². The average molecular weight is 296 g/mol. The first kappa shape index (κ1) is 9.34. The van der Waals surface area contributed by atoms with E-state index < -0.39 is 0 Å². The number of allylic oxidation sites excluding steroid dienone is 1. The first-order chi connectivity index (χ1) is 5.71. The van der Waals surface area contributed by atoms with Crippen molar-refractivity contribution in [3.05, 3.63) is 8.99 Å². The third kappa shape index (κ3) is 1.68. The van der Waals surface area contributed by atoms with E-state index in [1.807, 2.05) is 11.8 Å². The molecule has 0 radical (unpaired) electrons. The number of thioether (sulfide) groups is 1. The third-order valence-electron chi connectivity index (χ3n) is 2.82. The molecule has 0 aromatic heterocycles. The summed E-state index contributed by atoms with van der Waals surface area (Å²) >= 11 is 4.21. The fraction of sp³-hybridized carbons (Fsp3) is 0.778. The minimum atomic E-state index is -0.339. The SMILES string of the molecule is OC1(C2CC=C(I)S2)CCCC1. The molecule has 2 aliphatic rings. The highest BCUT2D eigenvalue weighted by Crippen LogP contribution is 2.47. The summed E-state index contributed by atoms with van der Waals surface area (Å²) in [7, 11) is 0. The van der Waals surface area contributed by atoms with E-state index in [-0.39, 0.29) is 5.60 Å². The molecule has 0 bridgehead atoms. The van der Waals surface area contributed by atoms with Crippen molar-refractivity contribution in [3.8, 4) is 0 Å². The molecule has 12 heavy (non-hydrogen) atoms. The van der Waals surface area contributed by atoms with Crippen LogP contribution in [0.5, 0.6) is 0 Å². The zero-order chi connectivity index (χ0) is 8.60. The summed E-state index contributed by atoms with van der Waals surface area (Å²) in [6.45, 7) is 0. The van der Waals surface area contributed by atoms with Crippen molar-refractivity contribution in [2.45, 2.75) is 43.0 Å². The van der Waals surface area contributed by atoms with Crippen LogP contribution in [0, 0.1) is 0 Å². The molecule has 0 amide bonds. The molecule has 0 spiro atoms.